The maximum Gasteiger partial charge on any atom is 0.0159 e. The SMILES string of the molecule is CC1(C)c2ccc(-c3ccc4ccc5c6ccccc6ccc5c4c3)cc2-c2ccc(-c3ccc4c(ccc5ccccc54)c3)cc21. The molecule has 1 aliphatic carbocycles. The van der Waals surface area contributed by atoms with Crippen molar-refractivity contribution in [3.8, 4) is 33.4 Å². The third-order valence-corrected chi connectivity index (χ3v) is 10.8. The second-order valence-electron chi connectivity index (χ2n) is 13.8. The summed E-state index contributed by atoms with van der Waals surface area (Å²) in [6, 6.07) is 59.0. The predicted molar refractivity (Wildman–Crippen MR) is 202 cm³/mol. The van der Waals surface area contributed by atoms with Crippen LogP contribution in [0.15, 0.2) is 158 Å². The number of rotatable bonds is 2. The van der Waals surface area contributed by atoms with Crippen LogP contribution in [0.25, 0.3) is 87.2 Å². The van der Waals surface area contributed by atoms with Gasteiger partial charge in [0.1, 0.15) is 0 Å². The summed E-state index contributed by atoms with van der Waals surface area (Å²) in [5.41, 5.74) is 10.5. The molecule has 0 amide bonds. The van der Waals surface area contributed by atoms with E-state index in [1.807, 2.05) is 0 Å². The molecule has 10 rings (SSSR count). The van der Waals surface area contributed by atoms with Crippen molar-refractivity contribution in [2.75, 3.05) is 0 Å². The maximum atomic E-state index is 2.43. The molecule has 0 aromatic heterocycles. The molecule has 9 aromatic carbocycles. The van der Waals surface area contributed by atoms with Crippen molar-refractivity contribution in [3.05, 3.63) is 169 Å². The number of hydrogen-bond donors (Lipinski definition) is 0. The van der Waals surface area contributed by atoms with E-state index in [1.54, 1.807) is 0 Å². The van der Waals surface area contributed by atoms with Gasteiger partial charge in [0, 0.05) is 5.41 Å². The molecule has 0 saturated carbocycles. The van der Waals surface area contributed by atoms with Gasteiger partial charge in [-0.1, -0.05) is 147 Å². The van der Waals surface area contributed by atoms with E-state index in [4.69, 9.17) is 0 Å². The van der Waals surface area contributed by atoms with Crippen LogP contribution in [0.2, 0.25) is 0 Å². The second kappa shape index (κ2) is 9.64. The Bertz CT molecular complexity index is 2760. The molecule has 220 valence electrons. The highest BCUT2D eigenvalue weighted by Gasteiger charge is 2.35. The van der Waals surface area contributed by atoms with Gasteiger partial charge in [-0.15, -0.1) is 0 Å². The van der Waals surface area contributed by atoms with Gasteiger partial charge >= 0.3 is 0 Å². The molecule has 0 nitrogen and oxygen atoms in total. The van der Waals surface area contributed by atoms with Crippen molar-refractivity contribution in [2.24, 2.45) is 0 Å². The Morgan fingerprint density at radius 1 is 0.298 bits per heavy atom. The first kappa shape index (κ1) is 26.5. The maximum absolute atomic E-state index is 2.43. The minimum absolute atomic E-state index is 0.0765. The number of hydrogen-bond acceptors (Lipinski definition) is 0. The van der Waals surface area contributed by atoms with Crippen LogP contribution in [0.3, 0.4) is 0 Å². The first-order valence-corrected chi connectivity index (χ1v) is 16.6. The normalized spacial score (nSPS) is 13.5. The smallest absolute Gasteiger partial charge is 0.0159 e. The van der Waals surface area contributed by atoms with Gasteiger partial charge < -0.3 is 0 Å². The summed E-state index contributed by atoms with van der Waals surface area (Å²) in [7, 11) is 0. The molecule has 0 radical (unpaired) electrons. The van der Waals surface area contributed by atoms with Crippen molar-refractivity contribution in [3.63, 3.8) is 0 Å². The molecular formula is C47H32. The molecule has 0 saturated heterocycles. The van der Waals surface area contributed by atoms with Crippen LogP contribution in [-0.2, 0) is 5.41 Å². The topological polar surface area (TPSA) is 0 Å². The molecule has 0 bridgehead atoms. The Balaban J connectivity index is 1.07. The highest BCUT2D eigenvalue weighted by Crippen LogP contribution is 2.51. The van der Waals surface area contributed by atoms with Crippen molar-refractivity contribution < 1.29 is 0 Å². The summed E-state index contributed by atoms with van der Waals surface area (Å²) < 4.78 is 0. The highest BCUT2D eigenvalue weighted by molar-refractivity contribution is 6.17. The summed E-state index contributed by atoms with van der Waals surface area (Å²) in [6.07, 6.45) is 0. The molecule has 0 unspecified atom stereocenters. The Labute approximate surface area is 274 Å². The molecule has 9 aromatic rings. The Kier molecular flexibility index (Phi) is 5.44. The average Bonchev–Trinajstić information content (AvgIpc) is 3.35. The molecule has 0 spiro atoms. The minimum Gasteiger partial charge on any atom is -0.0616 e. The fourth-order valence-corrected chi connectivity index (χ4v) is 8.30. The van der Waals surface area contributed by atoms with Crippen LogP contribution in [-0.4, -0.2) is 0 Å². The lowest BCUT2D eigenvalue weighted by atomic mass is 9.81. The zero-order valence-electron chi connectivity index (χ0n) is 26.5. The first-order valence-electron chi connectivity index (χ1n) is 16.6. The van der Waals surface area contributed by atoms with Crippen molar-refractivity contribution in [2.45, 2.75) is 19.3 Å². The van der Waals surface area contributed by atoms with E-state index in [0.29, 0.717) is 0 Å². The monoisotopic (exact) mass is 596 g/mol. The quantitative estimate of drug-likeness (QED) is 0.174. The van der Waals surface area contributed by atoms with Gasteiger partial charge in [0.25, 0.3) is 0 Å². The van der Waals surface area contributed by atoms with Gasteiger partial charge in [-0.2, -0.15) is 0 Å². The van der Waals surface area contributed by atoms with E-state index in [0.717, 1.165) is 0 Å². The van der Waals surface area contributed by atoms with Gasteiger partial charge in [0.15, 0.2) is 0 Å². The summed E-state index contributed by atoms with van der Waals surface area (Å²) in [6.45, 7) is 4.75. The molecule has 0 N–H and O–H groups in total. The molecule has 47 heavy (non-hydrogen) atoms. The second-order valence-corrected chi connectivity index (χ2v) is 13.8. The van der Waals surface area contributed by atoms with Crippen molar-refractivity contribution in [1.82, 2.24) is 0 Å². The zero-order chi connectivity index (χ0) is 31.3. The summed E-state index contributed by atoms with van der Waals surface area (Å²) >= 11 is 0. The summed E-state index contributed by atoms with van der Waals surface area (Å²) in [5, 5.41) is 13.0. The van der Waals surface area contributed by atoms with Gasteiger partial charge in [-0.05, 0) is 123 Å². The molecule has 0 heterocycles. The van der Waals surface area contributed by atoms with Gasteiger partial charge in [0.2, 0.25) is 0 Å². The standard InChI is InChI=1S/C47H32/c1-47(2)45-24-19-34(33-13-11-31-16-21-40-38-10-6-4-8-30(38)15-22-41(40)43(31)26-33)27-44(45)42-23-18-35(28-46(42)47)32-17-20-39-36(25-32)14-12-29-7-3-5-9-37(29)39/h3-28H,1-2H3. The van der Waals surface area contributed by atoms with Gasteiger partial charge in [-0.25, -0.2) is 0 Å². The Hall–Kier alpha value is -5.72. The van der Waals surface area contributed by atoms with Crippen LogP contribution in [0, 0.1) is 0 Å². The van der Waals surface area contributed by atoms with Crippen molar-refractivity contribution in [1.29, 1.82) is 0 Å². The third kappa shape index (κ3) is 3.88. The fraction of sp³-hybridized carbons (Fsp3) is 0.0638. The van der Waals surface area contributed by atoms with Crippen LogP contribution < -0.4 is 0 Å². The van der Waals surface area contributed by atoms with Crippen LogP contribution in [0.1, 0.15) is 25.0 Å². The minimum atomic E-state index is -0.0765. The van der Waals surface area contributed by atoms with Crippen LogP contribution >= 0.6 is 0 Å². The predicted octanol–water partition coefficient (Wildman–Crippen LogP) is 13.1. The van der Waals surface area contributed by atoms with E-state index < -0.39 is 0 Å². The largest absolute Gasteiger partial charge is 0.0616 e. The fourth-order valence-electron chi connectivity index (χ4n) is 8.30. The Morgan fingerprint density at radius 3 is 1.60 bits per heavy atom. The van der Waals surface area contributed by atoms with E-state index in [-0.39, 0.29) is 5.41 Å². The molecule has 0 fully saturated rings. The average molecular weight is 597 g/mol. The zero-order valence-corrected chi connectivity index (χ0v) is 26.5. The van der Waals surface area contributed by atoms with E-state index in [2.05, 4.69) is 172 Å². The molecule has 1 aliphatic rings. The lowest BCUT2D eigenvalue weighted by molar-refractivity contribution is 0.660. The summed E-state index contributed by atoms with van der Waals surface area (Å²) in [5.74, 6) is 0. The lowest BCUT2D eigenvalue weighted by Gasteiger charge is -2.22. The van der Waals surface area contributed by atoms with Gasteiger partial charge in [-0.3, -0.25) is 0 Å². The van der Waals surface area contributed by atoms with E-state index >= 15 is 0 Å². The highest BCUT2D eigenvalue weighted by atomic mass is 14.4. The lowest BCUT2D eigenvalue weighted by Crippen LogP contribution is -2.15. The third-order valence-electron chi connectivity index (χ3n) is 10.8. The number of benzene rings is 9. The first-order chi connectivity index (χ1) is 23.0. The summed E-state index contributed by atoms with van der Waals surface area (Å²) in [4.78, 5) is 0. The number of fused-ring (bicyclic) bond motifs is 11. The van der Waals surface area contributed by atoms with Gasteiger partial charge in [0.05, 0.1) is 0 Å². The van der Waals surface area contributed by atoms with Crippen LogP contribution in [0.5, 0.6) is 0 Å². The molecule has 0 aliphatic heterocycles. The molecule has 0 atom stereocenters. The van der Waals surface area contributed by atoms with E-state index in [1.165, 1.54) is 98.4 Å². The Morgan fingerprint density at radius 2 is 0.787 bits per heavy atom. The van der Waals surface area contributed by atoms with Crippen LogP contribution in [0.4, 0.5) is 0 Å². The molecule has 0 heteroatoms. The molecular weight excluding hydrogens is 565 g/mol. The van der Waals surface area contributed by atoms with Crippen molar-refractivity contribution >= 4 is 53.9 Å². The van der Waals surface area contributed by atoms with E-state index in [9.17, 15) is 0 Å².